The zero-order chi connectivity index (χ0) is 17.0. The van der Waals surface area contributed by atoms with Gasteiger partial charge >= 0.3 is 11.9 Å². The van der Waals surface area contributed by atoms with Crippen LogP contribution in [0.25, 0.3) is 0 Å². The molecular weight excluding hydrogens is 292 g/mol. The van der Waals surface area contributed by atoms with Gasteiger partial charge < -0.3 is 9.84 Å². The first-order valence-corrected chi connectivity index (χ1v) is 8.38. The number of aliphatic carboxylic acids is 1. The molecule has 4 unspecified atom stereocenters. The minimum Gasteiger partial charge on any atom is -0.480 e. The molecule has 1 aromatic rings. The summed E-state index contributed by atoms with van der Waals surface area (Å²) in [7, 11) is 0. The average Bonchev–Trinajstić information content (AvgIpc) is 2.47. The SMILES string of the molecule is CC1CCC(C(C)C)C(OC(=O)C(C(=O)O)c2ccccc2)C1. The van der Waals surface area contributed by atoms with E-state index in [2.05, 4.69) is 20.8 Å². The van der Waals surface area contributed by atoms with E-state index in [1.165, 1.54) is 0 Å². The lowest BCUT2D eigenvalue weighted by atomic mass is 9.75. The van der Waals surface area contributed by atoms with Crippen molar-refractivity contribution in [2.75, 3.05) is 0 Å². The smallest absolute Gasteiger partial charge is 0.325 e. The Hall–Kier alpha value is -1.84. The molecule has 1 saturated carbocycles. The maximum Gasteiger partial charge on any atom is 0.325 e. The molecule has 4 heteroatoms. The monoisotopic (exact) mass is 318 g/mol. The lowest BCUT2D eigenvalue weighted by Gasteiger charge is -2.37. The van der Waals surface area contributed by atoms with E-state index in [0.29, 0.717) is 23.3 Å². The zero-order valence-electron chi connectivity index (χ0n) is 14.1. The number of esters is 1. The van der Waals surface area contributed by atoms with Crippen molar-refractivity contribution >= 4 is 11.9 Å². The lowest BCUT2D eigenvalue weighted by Crippen LogP contribution is -2.38. The van der Waals surface area contributed by atoms with E-state index in [1.54, 1.807) is 30.3 Å². The molecule has 0 heterocycles. The molecule has 0 saturated heterocycles. The van der Waals surface area contributed by atoms with Crippen LogP contribution < -0.4 is 0 Å². The molecule has 0 spiro atoms. The predicted molar refractivity (Wildman–Crippen MR) is 88.0 cm³/mol. The number of rotatable bonds is 5. The third kappa shape index (κ3) is 4.34. The van der Waals surface area contributed by atoms with Gasteiger partial charge in [-0.1, -0.05) is 57.5 Å². The number of carbonyl (C=O) groups excluding carboxylic acids is 1. The highest BCUT2D eigenvalue weighted by Crippen LogP contribution is 2.36. The molecule has 23 heavy (non-hydrogen) atoms. The van der Waals surface area contributed by atoms with Crippen LogP contribution in [0.4, 0.5) is 0 Å². The molecule has 0 bridgehead atoms. The summed E-state index contributed by atoms with van der Waals surface area (Å²) in [6, 6.07) is 8.58. The van der Waals surface area contributed by atoms with Crippen molar-refractivity contribution < 1.29 is 19.4 Å². The van der Waals surface area contributed by atoms with Crippen molar-refractivity contribution in [3.8, 4) is 0 Å². The van der Waals surface area contributed by atoms with Crippen LogP contribution in [0.5, 0.6) is 0 Å². The van der Waals surface area contributed by atoms with Gasteiger partial charge in [0.15, 0.2) is 5.92 Å². The van der Waals surface area contributed by atoms with Crippen LogP contribution in [0.2, 0.25) is 0 Å². The maximum absolute atomic E-state index is 12.5. The fourth-order valence-corrected chi connectivity index (χ4v) is 3.49. The highest BCUT2D eigenvalue weighted by atomic mass is 16.5. The number of ether oxygens (including phenoxy) is 1. The predicted octanol–water partition coefficient (Wildman–Crippen LogP) is 3.86. The van der Waals surface area contributed by atoms with Gasteiger partial charge in [0.05, 0.1) is 0 Å². The molecule has 1 aliphatic rings. The highest BCUT2D eigenvalue weighted by Gasteiger charge is 2.37. The minimum absolute atomic E-state index is 0.184. The van der Waals surface area contributed by atoms with Crippen LogP contribution in [0, 0.1) is 17.8 Å². The standard InChI is InChI=1S/C19H26O4/c1-12(2)15-10-9-13(3)11-16(15)23-19(22)17(18(20)21)14-7-5-4-6-8-14/h4-8,12-13,15-17H,9-11H2,1-3H3,(H,20,21). The zero-order valence-corrected chi connectivity index (χ0v) is 14.1. The molecule has 0 aliphatic heterocycles. The van der Waals surface area contributed by atoms with E-state index in [1.807, 2.05) is 0 Å². The fourth-order valence-electron chi connectivity index (χ4n) is 3.49. The van der Waals surface area contributed by atoms with Gasteiger partial charge in [-0.25, -0.2) is 0 Å². The van der Waals surface area contributed by atoms with Crippen molar-refractivity contribution in [1.29, 1.82) is 0 Å². The fraction of sp³-hybridized carbons (Fsp3) is 0.579. The van der Waals surface area contributed by atoms with Crippen molar-refractivity contribution in [2.24, 2.45) is 17.8 Å². The number of hydrogen-bond acceptors (Lipinski definition) is 3. The molecular formula is C19H26O4. The van der Waals surface area contributed by atoms with Crippen LogP contribution >= 0.6 is 0 Å². The van der Waals surface area contributed by atoms with Gasteiger partial charge in [-0.05, 0) is 36.2 Å². The topological polar surface area (TPSA) is 63.6 Å². The normalized spacial score (nSPS) is 25.8. The summed E-state index contributed by atoms with van der Waals surface area (Å²) in [5.74, 6) is -1.83. The van der Waals surface area contributed by atoms with Crippen LogP contribution in [0.1, 0.15) is 51.5 Å². The van der Waals surface area contributed by atoms with Gasteiger partial charge in [0.25, 0.3) is 0 Å². The Morgan fingerprint density at radius 3 is 2.39 bits per heavy atom. The molecule has 0 aromatic heterocycles. The quantitative estimate of drug-likeness (QED) is 0.661. The summed E-state index contributed by atoms with van der Waals surface area (Å²) in [5, 5.41) is 9.45. The number of benzene rings is 1. The maximum atomic E-state index is 12.5. The molecule has 1 aliphatic carbocycles. The van der Waals surface area contributed by atoms with Crippen molar-refractivity contribution in [3.63, 3.8) is 0 Å². The molecule has 4 atom stereocenters. The molecule has 1 aromatic carbocycles. The Morgan fingerprint density at radius 2 is 1.83 bits per heavy atom. The van der Waals surface area contributed by atoms with Crippen LogP contribution in [-0.4, -0.2) is 23.1 Å². The summed E-state index contributed by atoms with van der Waals surface area (Å²) in [6.45, 7) is 6.42. The molecule has 1 N–H and O–H groups in total. The Labute approximate surface area is 137 Å². The number of carboxylic acids is 1. The van der Waals surface area contributed by atoms with Crippen LogP contribution in [-0.2, 0) is 14.3 Å². The lowest BCUT2D eigenvalue weighted by molar-refractivity contribution is -0.163. The highest BCUT2D eigenvalue weighted by molar-refractivity contribution is 6.00. The Kier molecular flexibility index (Phi) is 5.80. The molecule has 0 amide bonds. The second-order valence-electron chi connectivity index (χ2n) is 6.98. The van der Waals surface area contributed by atoms with E-state index in [4.69, 9.17) is 4.74 Å². The Morgan fingerprint density at radius 1 is 1.17 bits per heavy atom. The van der Waals surface area contributed by atoms with E-state index >= 15 is 0 Å². The number of carbonyl (C=O) groups is 2. The van der Waals surface area contributed by atoms with Gasteiger partial charge in [-0.3, -0.25) is 9.59 Å². The first-order chi connectivity index (χ1) is 10.9. The van der Waals surface area contributed by atoms with Gasteiger partial charge in [0.2, 0.25) is 0 Å². The number of hydrogen-bond donors (Lipinski definition) is 1. The molecule has 1 fully saturated rings. The molecule has 126 valence electrons. The third-order valence-corrected chi connectivity index (χ3v) is 4.84. The first-order valence-electron chi connectivity index (χ1n) is 8.38. The van der Waals surface area contributed by atoms with Gasteiger partial charge in [-0.2, -0.15) is 0 Å². The first kappa shape index (κ1) is 17.5. The van der Waals surface area contributed by atoms with Crippen LogP contribution in [0.3, 0.4) is 0 Å². The number of carboxylic acid groups (broad SMARTS) is 1. The summed E-state index contributed by atoms with van der Waals surface area (Å²) in [6.07, 6.45) is 2.80. The van der Waals surface area contributed by atoms with E-state index < -0.39 is 17.9 Å². The van der Waals surface area contributed by atoms with Gasteiger partial charge in [-0.15, -0.1) is 0 Å². The summed E-state index contributed by atoms with van der Waals surface area (Å²) in [5.41, 5.74) is 0.468. The Balaban J connectivity index is 2.15. The van der Waals surface area contributed by atoms with E-state index in [0.717, 1.165) is 19.3 Å². The molecule has 2 rings (SSSR count). The minimum atomic E-state index is -1.25. The summed E-state index contributed by atoms with van der Waals surface area (Å²) in [4.78, 5) is 24.1. The largest absolute Gasteiger partial charge is 0.480 e. The van der Waals surface area contributed by atoms with E-state index in [-0.39, 0.29) is 6.10 Å². The van der Waals surface area contributed by atoms with E-state index in [9.17, 15) is 14.7 Å². The summed E-state index contributed by atoms with van der Waals surface area (Å²) < 4.78 is 5.69. The van der Waals surface area contributed by atoms with Gasteiger partial charge in [0, 0.05) is 0 Å². The average molecular weight is 318 g/mol. The summed E-state index contributed by atoms with van der Waals surface area (Å²) >= 11 is 0. The third-order valence-electron chi connectivity index (χ3n) is 4.84. The van der Waals surface area contributed by atoms with Crippen molar-refractivity contribution in [2.45, 2.75) is 52.1 Å². The second kappa shape index (κ2) is 7.62. The van der Waals surface area contributed by atoms with Gasteiger partial charge in [0.1, 0.15) is 6.10 Å². The van der Waals surface area contributed by atoms with Crippen LogP contribution in [0.15, 0.2) is 30.3 Å². The van der Waals surface area contributed by atoms with Crippen molar-refractivity contribution in [1.82, 2.24) is 0 Å². The molecule has 4 nitrogen and oxygen atoms in total. The second-order valence-corrected chi connectivity index (χ2v) is 6.98. The Bertz CT molecular complexity index is 538. The van der Waals surface area contributed by atoms with Crippen molar-refractivity contribution in [3.05, 3.63) is 35.9 Å². The molecule has 0 radical (unpaired) electrons.